The quantitative estimate of drug-likeness (QED) is 0.327. The molecule has 0 aliphatic carbocycles. The summed E-state index contributed by atoms with van der Waals surface area (Å²) in [5.74, 6) is -0.331. The zero-order valence-corrected chi connectivity index (χ0v) is 16.1. The zero-order chi connectivity index (χ0) is 19.5. The molecule has 6 nitrogen and oxygen atoms in total. The molecular formula is C21H15BrN4O2. The fourth-order valence-electron chi connectivity index (χ4n) is 2.84. The minimum absolute atomic E-state index is 0.0933. The van der Waals surface area contributed by atoms with Crippen molar-refractivity contribution in [1.29, 1.82) is 0 Å². The first-order chi connectivity index (χ1) is 13.6. The molecule has 1 aromatic heterocycles. The third-order valence-corrected chi connectivity index (χ3v) is 4.80. The van der Waals surface area contributed by atoms with Crippen molar-refractivity contribution in [3.8, 4) is 17.0 Å². The smallest absolute Gasteiger partial charge is 0.289 e. The second kappa shape index (κ2) is 7.66. The van der Waals surface area contributed by atoms with Crippen molar-refractivity contribution in [3.05, 3.63) is 82.5 Å². The van der Waals surface area contributed by atoms with E-state index in [1.165, 1.54) is 6.21 Å². The van der Waals surface area contributed by atoms with Gasteiger partial charge in [-0.25, -0.2) is 5.43 Å². The summed E-state index contributed by atoms with van der Waals surface area (Å²) < 4.78 is 0.968. The van der Waals surface area contributed by atoms with E-state index in [2.05, 4.69) is 36.7 Å². The number of amides is 1. The van der Waals surface area contributed by atoms with Crippen LogP contribution in [0.25, 0.3) is 22.0 Å². The van der Waals surface area contributed by atoms with Crippen molar-refractivity contribution >= 4 is 38.8 Å². The molecule has 0 spiro atoms. The molecule has 4 rings (SSSR count). The number of carbonyl (C=O) groups is 1. The van der Waals surface area contributed by atoms with Crippen LogP contribution in [0.5, 0.6) is 5.75 Å². The summed E-state index contributed by atoms with van der Waals surface area (Å²) in [7, 11) is 0. The van der Waals surface area contributed by atoms with Crippen LogP contribution < -0.4 is 5.43 Å². The molecule has 1 amide bonds. The molecule has 0 fully saturated rings. The number of H-pyrrole nitrogens is 1. The number of phenols is 1. The van der Waals surface area contributed by atoms with Crippen LogP contribution >= 0.6 is 15.9 Å². The number of phenolic OH excluding ortho intramolecular Hbond substituents is 1. The van der Waals surface area contributed by atoms with E-state index in [1.807, 2.05) is 54.6 Å². The SMILES string of the molecule is O=C(N/N=C\c1c(O)ccc2ccccc12)c1cc(-c2ccc(Br)cc2)n[nH]1. The highest BCUT2D eigenvalue weighted by molar-refractivity contribution is 9.10. The van der Waals surface area contributed by atoms with Crippen molar-refractivity contribution in [2.75, 3.05) is 0 Å². The van der Waals surface area contributed by atoms with E-state index in [1.54, 1.807) is 12.1 Å². The van der Waals surface area contributed by atoms with Crippen LogP contribution in [0.4, 0.5) is 0 Å². The number of aromatic hydroxyl groups is 1. The number of nitrogens with zero attached hydrogens (tertiary/aromatic N) is 2. The fraction of sp³-hybridized carbons (Fsp3) is 0. The van der Waals surface area contributed by atoms with Gasteiger partial charge in [-0.2, -0.15) is 10.2 Å². The largest absolute Gasteiger partial charge is 0.507 e. The number of fused-ring (bicyclic) bond motifs is 1. The minimum Gasteiger partial charge on any atom is -0.507 e. The molecule has 3 N–H and O–H groups in total. The Hall–Kier alpha value is -3.45. The van der Waals surface area contributed by atoms with Crippen LogP contribution in [0.1, 0.15) is 16.1 Å². The Balaban J connectivity index is 1.51. The molecule has 0 saturated heterocycles. The number of nitrogens with one attached hydrogen (secondary N) is 2. The molecule has 0 bridgehead atoms. The van der Waals surface area contributed by atoms with Crippen LogP contribution in [0.15, 0.2) is 76.3 Å². The lowest BCUT2D eigenvalue weighted by molar-refractivity contribution is 0.0950. The number of benzene rings is 3. The first-order valence-corrected chi connectivity index (χ1v) is 9.26. The Morgan fingerprint density at radius 3 is 2.71 bits per heavy atom. The lowest BCUT2D eigenvalue weighted by atomic mass is 10.0. The summed E-state index contributed by atoms with van der Waals surface area (Å²) in [6, 6.07) is 20.3. The molecule has 7 heteroatoms. The highest BCUT2D eigenvalue weighted by atomic mass is 79.9. The zero-order valence-electron chi connectivity index (χ0n) is 14.6. The lowest BCUT2D eigenvalue weighted by Gasteiger charge is -2.04. The highest BCUT2D eigenvalue weighted by Crippen LogP contribution is 2.25. The molecule has 1 heterocycles. The van der Waals surface area contributed by atoms with Crippen molar-refractivity contribution in [2.45, 2.75) is 0 Å². The summed E-state index contributed by atoms with van der Waals surface area (Å²) in [5.41, 5.74) is 4.84. The van der Waals surface area contributed by atoms with Crippen molar-refractivity contribution in [1.82, 2.24) is 15.6 Å². The number of halogens is 1. The van der Waals surface area contributed by atoms with Gasteiger partial charge in [-0.05, 0) is 35.0 Å². The second-order valence-corrected chi connectivity index (χ2v) is 7.01. The van der Waals surface area contributed by atoms with Gasteiger partial charge < -0.3 is 5.11 Å². The normalized spacial score (nSPS) is 11.2. The van der Waals surface area contributed by atoms with Gasteiger partial charge >= 0.3 is 0 Å². The number of carbonyl (C=O) groups excluding carboxylic acids is 1. The molecule has 0 saturated carbocycles. The first kappa shape index (κ1) is 17.9. The minimum atomic E-state index is -0.424. The molecule has 0 radical (unpaired) electrons. The molecule has 28 heavy (non-hydrogen) atoms. The van der Waals surface area contributed by atoms with E-state index >= 15 is 0 Å². The third kappa shape index (κ3) is 3.65. The van der Waals surface area contributed by atoms with E-state index in [9.17, 15) is 9.90 Å². The van der Waals surface area contributed by atoms with Gasteiger partial charge in [0.1, 0.15) is 11.4 Å². The van der Waals surface area contributed by atoms with Gasteiger partial charge in [-0.1, -0.05) is 58.4 Å². The predicted molar refractivity (Wildman–Crippen MR) is 112 cm³/mol. The second-order valence-electron chi connectivity index (χ2n) is 6.09. The molecule has 0 atom stereocenters. The van der Waals surface area contributed by atoms with Gasteiger partial charge in [-0.15, -0.1) is 0 Å². The van der Waals surface area contributed by atoms with Crippen LogP contribution in [0.2, 0.25) is 0 Å². The lowest BCUT2D eigenvalue weighted by Crippen LogP contribution is -2.18. The topological polar surface area (TPSA) is 90.4 Å². The average molecular weight is 435 g/mol. The van der Waals surface area contributed by atoms with Crippen LogP contribution in [0.3, 0.4) is 0 Å². The van der Waals surface area contributed by atoms with Crippen molar-refractivity contribution in [2.24, 2.45) is 5.10 Å². The van der Waals surface area contributed by atoms with E-state index in [0.29, 0.717) is 11.3 Å². The molecule has 138 valence electrons. The third-order valence-electron chi connectivity index (χ3n) is 4.27. The van der Waals surface area contributed by atoms with Crippen molar-refractivity contribution in [3.63, 3.8) is 0 Å². The fourth-order valence-corrected chi connectivity index (χ4v) is 3.11. The van der Waals surface area contributed by atoms with Crippen LogP contribution in [-0.2, 0) is 0 Å². The Morgan fingerprint density at radius 1 is 1.11 bits per heavy atom. The highest BCUT2D eigenvalue weighted by Gasteiger charge is 2.11. The maximum absolute atomic E-state index is 12.3. The Kier molecular flexibility index (Phi) is 4.90. The van der Waals surface area contributed by atoms with Gasteiger partial charge in [0.25, 0.3) is 5.91 Å². The maximum Gasteiger partial charge on any atom is 0.289 e. The number of aromatic nitrogens is 2. The van der Waals surface area contributed by atoms with Gasteiger partial charge in [-0.3, -0.25) is 9.89 Å². The molecular weight excluding hydrogens is 420 g/mol. The first-order valence-electron chi connectivity index (χ1n) is 8.47. The Morgan fingerprint density at radius 2 is 1.89 bits per heavy atom. The van der Waals surface area contributed by atoms with Crippen LogP contribution in [0, 0.1) is 0 Å². The number of rotatable bonds is 4. The Labute approximate surface area is 169 Å². The van der Waals surface area contributed by atoms with Gasteiger partial charge in [0, 0.05) is 15.6 Å². The number of aromatic amines is 1. The van der Waals surface area contributed by atoms with Gasteiger partial charge in [0.05, 0.1) is 11.9 Å². The standard InChI is InChI=1S/C21H15BrN4O2/c22-15-8-5-14(6-9-15)18-11-19(25-24-18)21(28)26-23-12-17-16-4-2-1-3-13(16)7-10-20(17)27/h1-12,27H,(H,24,25)(H,26,28)/b23-12-. The summed E-state index contributed by atoms with van der Waals surface area (Å²) >= 11 is 3.39. The predicted octanol–water partition coefficient (Wildman–Crippen LogP) is 4.46. The van der Waals surface area contributed by atoms with Crippen molar-refractivity contribution < 1.29 is 9.90 Å². The van der Waals surface area contributed by atoms with E-state index in [0.717, 1.165) is 20.8 Å². The number of hydrazone groups is 1. The number of hydrogen-bond acceptors (Lipinski definition) is 4. The summed E-state index contributed by atoms with van der Waals surface area (Å²) in [6.45, 7) is 0. The molecule has 4 aromatic rings. The van der Waals surface area contributed by atoms with Gasteiger partial charge in [0.2, 0.25) is 0 Å². The number of hydrogen-bond donors (Lipinski definition) is 3. The summed E-state index contributed by atoms with van der Waals surface area (Å²) in [4.78, 5) is 12.3. The summed E-state index contributed by atoms with van der Waals surface area (Å²) in [6.07, 6.45) is 1.43. The van der Waals surface area contributed by atoms with Crippen LogP contribution in [-0.4, -0.2) is 27.4 Å². The molecule has 0 aliphatic heterocycles. The van der Waals surface area contributed by atoms with E-state index in [-0.39, 0.29) is 11.4 Å². The van der Waals surface area contributed by atoms with E-state index < -0.39 is 5.91 Å². The maximum atomic E-state index is 12.3. The van der Waals surface area contributed by atoms with Gasteiger partial charge in [0.15, 0.2) is 0 Å². The van der Waals surface area contributed by atoms with E-state index in [4.69, 9.17) is 0 Å². The Bertz CT molecular complexity index is 1180. The monoisotopic (exact) mass is 434 g/mol. The summed E-state index contributed by atoms with van der Waals surface area (Å²) in [5, 5.41) is 22.8. The molecule has 3 aromatic carbocycles. The molecule has 0 unspecified atom stereocenters. The average Bonchev–Trinajstić information content (AvgIpc) is 3.20. The molecule has 0 aliphatic rings.